The molecule has 96 valence electrons. The summed E-state index contributed by atoms with van der Waals surface area (Å²) in [6.45, 7) is 3.75. The predicted molar refractivity (Wildman–Crippen MR) is 77.9 cm³/mol. The van der Waals surface area contributed by atoms with Gasteiger partial charge in [-0.05, 0) is 37.7 Å². The molecule has 1 aromatic heterocycles. The molecule has 0 amide bonds. The van der Waals surface area contributed by atoms with E-state index in [0.717, 1.165) is 24.3 Å². The molecular weight excluding hydrogens is 266 g/mol. The first kappa shape index (κ1) is 13.3. The number of halogens is 1. The van der Waals surface area contributed by atoms with Crippen molar-refractivity contribution in [3.63, 3.8) is 0 Å². The molecule has 0 spiro atoms. The minimum Gasteiger partial charge on any atom is -0.399 e. The van der Waals surface area contributed by atoms with Crippen LogP contribution in [0.1, 0.15) is 16.1 Å². The van der Waals surface area contributed by atoms with Gasteiger partial charge in [-0.25, -0.2) is 4.98 Å². The molecule has 2 rings (SSSR count). The van der Waals surface area contributed by atoms with Crippen molar-refractivity contribution in [1.82, 2.24) is 9.88 Å². The summed E-state index contributed by atoms with van der Waals surface area (Å²) in [7, 11) is 2.08. The van der Waals surface area contributed by atoms with Crippen molar-refractivity contribution in [3.05, 3.63) is 44.9 Å². The second kappa shape index (κ2) is 5.69. The van der Waals surface area contributed by atoms with Crippen LogP contribution in [0.2, 0.25) is 5.02 Å². The van der Waals surface area contributed by atoms with Crippen molar-refractivity contribution in [2.75, 3.05) is 12.8 Å². The van der Waals surface area contributed by atoms with E-state index in [2.05, 4.69) is 16.9 Å². The number of nitrogens with zero attached hydrogens (tertiary/aromatic N) is 2. The molecule has 0 atom stereocenters. The molecule has 18 heavy (non-hydrogen) atoms. The summed E-state index contributed by atoms with van der Waals surface area (Å²) in [6.07, 6.45) is 0. The summed E-state index contributed by atoms with van der Waals surface area (Å²) in [4.78, 5) is 7.78. The zero-order chi connectivity index (χ0) is 13.1. The molecular formula is C13H16ClN3S. The number of benzene rings is 1. The number of thiazole rings is 1. The normalized spacial score (nSPS) is 11.1. The predicted octanol–water partition coefficient (Wildman–Crippen LogP) is 3.32. The number of hydrogen-bond acceptors (Lipinski definition) is 4. The molecule has 1 heterocycles. The minimum absolute atomic E-state index is 0.687. The highest BCUT2D eigenvalue weighted by molar-refractivity contribution is 7.09. The summed E-state index contributed by atoms with van der Waals surface area (Å²) in [5, 5.41) is 0.687. The Morgan fingerprint density at radius 2 is 2.11 bits per heavy atom. The van der Waals surface area contributed by atoms with Gasteiger partial charge < -0.3 is 5.73 Å². The molecule has 0 saturated heterocycles. The topological polar surface area (TPSA) is 42.2 Å². The Kier molecular flexibility index (Phi) is 4.22. The van der Waals surface area contributed by atoms with Crippen LogP contribution >= 0.6 is 22.9 Å². The molecule has 0 radical (unpaired) electrons. The molecule has 0 fully saturated rings. The van der Waals surface area contributed by atoms with Crippen molar-refractivity contribution in [2.24, 2.45) is 0 Å². The largest absolute Gasteiger partial charge is 0.399 e. The maximum atomic E-state index is 6.00. The van der Waals surface area contributed by atoms with Gasteiger partial charge >= 0.3 is 0 Å². The molecule has 3 nitrogen and oxygen atoms in total. The molecule has 0 unspecified atom stereocenters. The van der Waals surface area contributed by atoms with E-state index in [1.54, 1.807) is 17.4 Å². The first-order chi connectivity index (χ1) is 8.54. The van der Waals surface area contributed by atoms with E-state index < -0.39 is 0 Å². The fraction of sp³-hybridized carbons (Fsp3) is 0.308. The van der Waals surface area contributed by atoms with Gasteiger partial charge in [0.15, 0.2) is 0 Å². The van der Waals surface area contributed by atoms with Crippen LogP contribution in [0, 0.1) is 6.92 Å². The molecule has 0 aliphatic carbocycles. The number of rotatable bonds is 4. The molecule has 1 aromatic carbocycles. The van der Waals surface area contributed by atoms with Gasteiger partial charge in [0, 0.05) is 28.7 Å². The van der Waals surface area contributed by atoms with Crippen molar-refractivity contribution in [1.29, 1.82) is 0 Å². The third-order valence-electron chi connectivity index (χ3n) is 2.69. The van der Waals surface area contributed by atoms with E-state index >= 15 is 0 Å². The number of aromatic nitrogens is 1. The van der Waals surface area contributed by atoms with Crippen LogP contribution in [-0.2, 0) is 13.1 Å². The minimum atomic E-state index is 0.687. The molecule has 0 aliphatic rings. The summed E-state index contributed by atoms with van der Waals surface area (Å²) < 4.78 is 0. The van der Waals surface area contributed by atoms with Gasteiger partial charge in [-0.2, -0.15) is 0 Å². The number of hydrogen-bond donors (Lipinski definition) is 1. The van der Waals surface area contributed by atoms with Crippen molar-refractivity contribution in [3.8, 4) is 0 Å². The van der Waals surface area contributed by atoms with Crippen LogP contribution < -0.4 is 5.73 Å². The summed E-state index contributed by atoms with van der Waals surface area (Å²) in [6, 6.07) is 5.67. The van der Waals surface area contributed by atoms with E-state index in [9.17, 15) is 0 Å². The average Bonchev–Trinajstić information content (AvgIpc) is 2.62. The highest BCUT2D eigenvalue weighted by Gasteiger charge is 2.07. The lowest BCUT2D eigenvalue weighted by Gasteiger charge is -2.16. The van der Waals surface area contributed by atoms with Crippen molar-refractivity contribution >= 4 is 28.6 Å². The van der Waals surface area contributed by atoms with E-state index in [1.165, 1.54) is 4.88 Å². The first-order valence-electron chi connectivity index (χ1n) is 5.67. The lowest BCUT2D eigenvalue weighted by molar-refractivity contribution is 0.321. The maximum Gasteiger partial charge on any atom is 0.0798 e. The van der Waals surface area contributed by atoms with Crippen LogP contribution in [-0.4, -0.2) is 16.9 Å². The maximum absolute atomic E-state index is 6.00. The lowest BCUT2D eigenvalue weighted by Crippen LogP contribution is -2.17. The zero-order valence-corrected chi connectivity index (χ0v) is 12.1. The Bertz CT molecular complexity index is 519. The van der Waals surface area contributed by atoms with Gasteiger partial charge in [0.05, 0.1) is 11.2 Å². The quantitative estimate of drug-likeness (QED) is 0.874. The fourth-order valence-corrected chi connectivity index (χ4v) is 2.98. The van der Waals surface area contributed by atoms with Crippen LogP contribution in [0.25, 0.3) is 0 Å². The van der Waals surface area contributed by atoms with Gasteiger partial charge in [-0.3, -0.25) is 4.90 Å². The highest BCUT2D eigenvalue weighted by Crippen LogP contribution is 2.19. The van der Waals surface area contributed by atoms with Gasteiger partial charge in [0.25, 0.3) is 0 Å². The third-order valence-corrected chi connectivity index (χ3v) is 3.83. The molecule has 2 N–H and O–H groups in total. The zero-order valence-electron chi connectivity index (χ0n) is 10.5. The van der Waals surface area contributed by atoms with Crippen molar-refractivity contribution in [2.45, 2.75) is 20.0 Å². The van der Waals surface area contributed by atoms with Crippen LogP contribution in [0.4, 0.5) is 5.69 Å². The second-order valence-electron chi connectivity index (χ2n) is 4.43. The third kappa shape index (κ3) is 3.45. The fourth-order valence-electron chi connectivity index (χ4n) is 1.86. The number of anilines is 1. The lowest BCUT2D eigenvalue weighted by atomic mass is 10.2. The highest BCUT2D eigenvalue weighted by atomic mass is 35.5. The second-order valence-corrected chi connectivity index (χ2v) is 5.80. The Labute approximate surface area is 116 Å². The number of nitrogens with two attached hydrogens (primary N) is 1. The average molecular weight is 282 g/mol. The first-order valence-corrected chi connectivity index (χ1v) is 6.93. The Hall–Kier alpha value is -1.10. The Morgan fingerprint density at radius 1 is 1.33 bits per heavy atom. The number of nitrogen functional groups attached to an aromatic ring is 1. The van der Waals surface area contributed by atoms with Crippen LogP contribution in [0.5, 0.6) is 0 Å². The van der Waals surface area contributed by atoms with Gasteiger partial charge in [0.2, 0.25) is 0 Å². The molecule has 5 heteroatoms. The van der Waals surface area contributed by atoms with Crippen LogP contribution in [0.15, 0.2) is 23.7 Å². The van der Waals surface area contributed by atoms with Gasteiger partial charge in [-0.1, -0.05) is 11.6 Å². The molecule has 0 saturated carbocycles. The van der Waals surface area contributed by atoms with E-state index in [-0.39, 0.29) is 0 Å². The molecule has 0 bridgehead atoms. The summed E-state index contributed by atoms with van der Waals surface area (Å²) >= 11 is 7.69. The summed E-state index contributed by atoms with van der Waals surface area (Å²) in [5.41, 5.74) is 10.6. The van der Waals surface area contributed by atoms with Crippen LogP contribution in [0.3, 0.4) is 0 Å². The standard InChI is InChI=1S/C13H16ClN3S/c1-9-13(18-8-16-9)7-17(2)6-10-3-11(14)5-12(15)4-10/h3-5,8H,6-7,15H2,1-2H3. The monoisotopic (exact) mass is 281 g/mol. The molecule has 0 aliphatic heterocycles. The SMILES string of the molecule is Cc1ncsc1CN(C)Cc1cc(N)cc(Cl)c1. The smallest absolute Gasteiger partial charge is 0.0798 e. The molecule has 2 aromatic rings. The van der Waals surface area contributed by atoms with E-state index in [0.29, 0.717) is 10.7 Å². The van der Waals surface area contributed by atoms with Gasteiger partial charge in [-0.15, -0.1) is 11.3 Å². The van der Waals surface area contributed by atoms with E-state index in [1.807, 2.05) is 24.6 Å². The summed E-state index contributed by atoms with van der Waals surface area (Å²) in [5.74, 6) is 0. The Balaban J connectivity index is 2.03. The Morgan fingerprint density at radius 3 is 2.72 bits per heavy atom. The van der Waals surface area contributed by atoms with E-state index in [4.69, 9.17) is 17.3 Å². The number of aryl methyl sites for hydroxylation is 1. The van der Waals surface area contributed by atoms with Gasteiger partial charge in [0.1, 0.15) is 0 Å². The van der Waals surface area contributed by atoms with Crippen molar-refractivity contribution < 1.29 is 0 Å².